The van der Waals surface area contributed by atoms with Crippen LogP contribution in [0, 0.1) is 0 Å². The number of benzene rings is 2. The van der Waals surface area contributed by atoms with Gasteiger partial charge in [0, 0.05) is 0 Å². The van der Waals surface area contributed by atoms with Gasteiger partial charge in [0.05, 0.1) is 13.1 Å². The van der Waals surface area contributed by atoms with E-state index in [1.54, 1.807) is 12.2 Å². The number of isocyanates is 2. The Balaban J connectivity index is 2.06. The summed E-state index contributed by atoms with van der Waals surface area (Å²) in [6.07, 6.45) is 4.87. The molecule has 2 aromatic rings. The number of rotatable bonds is 7. The van der Waals surface area contributed by atoms with Crippen LogP contribution in [0.25, 0.3) is 0 Å². The summed E-state index contributed by atoms with van der Waals surface area (Å²) in [5.41, 5.74) is 4.41. The second kappa shape index (κ2) is 8.48. The SMILES string of the molecule is O=C=NCc1cccc(CCc2ccccc2CN=C=O)c1. The fourth-order valence-electron chi connectivity index (χ4n) is 2.36. The Morgan fingerprint density at radius 2 is 1.41 bits per heavy atom. The van der Waals surface area contributed by atoms with E-state index in [1.165, 1.54) is 11.1 Å². The van der Waals surface area contributed by atoms with Gasteiger partial charge in [-0.15, -0.1) is 0 Å². The molecule has 0 amide bonds. The van der Waals surface area contributed by atoms with Gasteiger partial charge in [-0.1, -0.05) is 48.5 Å². The lowest BCUT2D eigenvalue weighted by Crippen LogP contribution is -1.97. The minimum Gasteiger partial charge on any atom is -0.211 e. The predicted octanol–water partition coefficient (Wildman–Crippen LogP) is 3.14. The number of aryl methyl sites for hydroxylation is 2. The maximum Gasteiger partial charge on any atom is 0.235 e. The Hall–Kier alpha value is -2.80. The average Bonchev–Trinajstić information content (AvgIpc) is 2.57. The first-order chi connectivity index (χ1) is 10.8. The number of hydrogen-bond acceptors (Lipinski definition) is 4. The molecule has 0 N–H and O–H groups in total. The third-order valence-electron chi connectivity index (χ3n) is 3.43. The fourth-order valence-corrected chi connectivity index (χ4v) is 2.36. The second-order valence-corrected chi connectivity index (χ2v) is 4.90. The lowest BCUT2D eigenvalue weighted by Gasteiger charge is -2.08. The normalized spacial score (nSPS) is 9.64. The van der Waals surface area contributed by atoms with E-state index in [9.17, 15) is 9.59 Å². The van der Waals surface area contributed by atoms with Crippen LogP contribution in [-0.2, 0) is 35.5 Å². The largest absolute Gasteiger partial charge is 0.235 e. The Morgan fingerprint density at radius 3 is 2.18 bits per heavy atom. The van der Waals surface area contributed by atoms with Crippen molar-refractivity contribution in [2.75, 3.05) is 0 Å². The van der Waals surface area contributed by atoms with Crippen molar-refractivity contribution >= 4 is 12.2 Å². The topological polar surface area (TPSA) is 58.9 Å². The molecule has 0 saturated carbocycles. The van der Waals surface area contributed by atoms with E-state index in [1.807, 2.05) is 36.4 Å². The monoisotopic (exact) mass is 292 g/mol. The third kappa shape index (κ3) is 4.64. The first-order valence-electron chi connectivity index (χ1n) is 7.05. The standard InChI is InChI=1S/C18H16N2O2/c21-13-19-11-16-5-3-4-15(10-16)8-9-17-6-1-2-7-18(17)12-20-14-22/h1-7,10H,8-9,11-12H2. The lowest BCUT2D eigenvalue weighted by molar-refractivity contribution is 0.562. The van der Waals surface area contributed by atoms with Crippen LogP contribution in [0.2, 0.25) is 0 Å². The molecule has 4 nitrogen and oxygen atoms in total. The minimum absolute atomic E-state index is 0.363. The van der Waals surface area contributed by atoms with Gasteiger partial charge in [-0.25, -0.2) is 19.6 Å². The van der Waals surface area contributed by atoms with E-state index in [2.05, 4.69) is 22.1 Å². The van der Waals surface area contributed by atoms with Gasteiger partial charge in [-0.3, -0.25) is 0 Å². The van der Waals surface area contributed by atoms with Crippen molar-refractivity contribution in [3.05, 3.63) is 70.8 Å². The summed E-state index contributed by atoms with van der Waals surface area (Å²) in [6, 6.07) is 16.0. The molecule has 0 radical (unpaired) electrons. The Kier molecular flexibility index (Phi) is 6.01. The first-order valence-corrected chi connectivity index (χ1v) is 7.05. The third-order valence-corrected chi connectivity index (χ3v) is 3.43. The highest BCUT2D eigenvalue weighted by Gasteiger charge is 2.03. The number of hydrogen-bond donors (Lipinski definition) is 0. The Bertz CT molecular complexity index is 727. The highest BCUT2D eigenvalue weighted by molar-refractivity contribution is 5.36. The molecule has 0 aliphatic heterocycles. The van der Waals surface area contributed by atoms with Gasteiger partial charge in [-0.2, -0.15) is 0 Å². The molecule has 0 heterocycles. The molecule has 2 rings (SSSR count). The highest BCUT2D eigenvalue weighted by Crippen LogP contribution is 2.15. The number of nitrogens with zero attached hydrogens (tertiary/aromatic N) is 2. The summed E-state index contributed by atoms with van der Waals surface area (Å²) < 4.78 is 0. The van der Waals surface area contributed by atoms with Crippen molar-refractivity contribution < 1.29 is 9.59 Å². The van der Waals surface area contributed by atoms with Crippen LogP contribution in [0.15, 0.2) is 58.5 Å². The molecule has 0 spiro atoms. The van der Waals surface area contributed by atoms with E-state index in [-0.39, 0.29) is 0 Å². The summed E-state index contributed by atoms with van der Waals surface area (Å²) in [5, 5.41) is 0. The Morgan fingerprint density at radius 1 is 0.727 bits per heavy atom. The summed E-state index contributed by atoms with van der Waals surface area (Å²) in [7, 11) is 0. The molecular formula is C18H16N2O2. The van der Waals surface area contributed by atoms with Gasteiger partial charge in [-0.05, 0) is 35.1 Å². The second-order valence-electron chi connectivity index (χ2n) is 4.90. The molecule has 110 valence electrons. The lowest BCUT2D eigenvalue weighted by atomic mass is 9.99. The van der Waals surface area contributed by atoms with Crippen molar-refractivity contribution in [1.29, 1.82) is 0 Å². The molecule has 4 heteroatoms. The molecular weight excluding hydrogens is 276 g/mol. The van der Waals surface area contributed by atoms with Crippen molar-refractivity contribution in [3.63, 3.8) is 0 Å². The van der Waals surface area contributed by atoms with E-state index >= 15 is 0 Å². The van der Waals surface area contributed by atoms with Crippen LogP contribution in [0.5, 0.6) is 0 Å². The van der Waals surface area contributed by atoms with Crippen molar-refractivity contribution in [1.82, 2.24) is 0 Å². The van der Waals surface area contributed by atoms with Gasteiger partial charge < -0.3 is 0 Å². The molecule has 0 atom stereocenters. The van der Waals surface area contributed by atoms with Gasteiger partial charge in [0.15, 0.2) is 0 Å². The predicted molar refractivity (Wildman–Crippen MR) is 83.9 cm³/mol. The fraction of sp³-hybridized carbons (Fsp3) is 0.222. The summed E-state index contributed by atoms with van der Waals surface area (Å²) in [5.74, 6) is 0. The van der Waals surface area contributed by atoms with Crippen LogP contribution in [0.3, 0.4) is 0 Å². The van der Waals surface area contributed by atoms with Gasteiger partial charge >= 0.3 is 0 Å². The summed E-state index contributed by atoms with van der Waals surface area (Å²) in [6.45, 7) is 0.732. The zero-order valence-electron chi connectivity index (χ0n) is 12.2. The summed E-state index contributed by atoms with van der Waals surface area (Å²) in [4.78, 5) is 27.7. The van der Waals surface area contributed by atoms with Crippen LogP contribution in [0.4, 0.5) is 0 Å². The van der Waals surface area contributed by atoms with Crippen LogP contribution < -0.4 is 0 Å². The van der Waals surface area contributed by atoms with E-state index in [0.29, 0.717) is 13.1 Å². The highest BCUT2D eigenvalue weighted by atomic mass is 16.1. The van der Waals surface area contributed by atoms with Gasteiger partial charge in [0.2, 0.25) is 12.2 Å². The minimum atomic E-state index is 0.363. The molecule has 0 aromatic heterocycles. The van der Waals surface area contributed by atoms with Crippen LogP contribution in [0.1, 0.15) is 22.3 Å². The van der Waals surface area contributed by atoms with Gasteiger partial charge in [0.1, 0.15) is 0 Å². The Labute approximate surface area is 129 Å². The smallest absolute Gasteiger partial charge is 0.211 e. The molecule has 0 unspecified atom stereocenters. The van der Waals surface area contributed by atoms with E-state index in [0.717, 1.165) is 24.0 Å². The molecule has 0 bridgehead atoms. The van der Waals surface area contributed by atoms with Crippen molar-refractivity contribution in [3.8, 4) is 0 Å². The molecule has 0 saturated heterocycles. The molecule has 0 fully saturated rings. The number of carbonyl (C=O) groups excluding carboxylic acids is 2. The maximum atomic E-state index is 10.3. The molecule has 2 aromatic carbocycles. The maximum absolute atomic E-state index is 10.3. The molecule has 0 aliphatic rings. The molecule has 0 aliphatic carbocycles. The average molecular weight is 292 g/mol. The van der Waals surface area contributed by atoms with Crippen LogP contribution in [-0.4, -0.2) is 12.2 Å². The van der Waals surface area contributed by atoms with E-state index in [4.69, 9.17) is 0 Å². The quantitative estimate of drug-likeness (QED) is 0.581. The van der Waals surface area contributed by atoms with Crippen LogP contribution >= 0.6 is 0 Å². The van der Waals surface area contributed by atoms with Crippen molar-refractivity contribution in [2.24, 2.45) is 9.98 Å². The number of aliphatic imine (C=N–C) groups is 2. The van der Waals surface area contributed by atoms with Gasteiger partial charge in [0.25, 0.3) is 0 Å². The van der Waals surface area contributed by atoms with E-state index < -0.39 is 0 Å². The zero-order valence-corrected chi connectivity index (χ0v) is 12.2. The summed E-state index contributed by atoms with van der Waals surface area (Å²) >= 11 is 0. The first kappa shape index (κ1) is 15.6. The van der Waals surface area contributed by atoms with Crippen molar-refractivity contribution in [2.45, 2.75) is 25.9 Å². The molecule has 22 heavy (non-hydrogen) atoms. The zero-order chi connectivity index (χ0) is 15.6.